The summed E-state index contributed by atoms with van der Waals surface area (Å²) in [4.78, 5) is 33.9. The molecule has 0 bridgehead atoms. The number of amides is 1. The lowest BCUT2D eigenvalue weighted by Crippen LogP contribution is -2.56. The Kier molecular flexibility index (Phi) is 6.63. The topological polar surface area (TPSA) is 89.0 Å². The molecule has 2 aliphatic rings. The number of carbonyl (C=O) groups excluding carboxylic acids is 1. The normalized spacial score (nSPS) is 23.1. The molecule has 1 amide bonds. The number of nitrogens with zero attached hydrogens (tertiary/aromatic N) is 4. The Balaban J connectivity index is 1.35. The molecule has 3 rings (SSSR count). The Morgan fingerprint density at radius 3 is 2.59 bits per heavy atom. The first-order valence-electron chi connectivity index (χ1n) is 9.68. The number of hydrogen-bond acceptors (Lipinski definition) is 6. The standard InChI is InChI=1S/C19H29N5O3/c1-2-23(14-19(26)27)16-11-15(12-16)21-18(25)13-22-7-9-24(10-8-22)17-5-3-4-6-20-17/h3-6,15-16H,2,7-14H2,1H3,(H,21,25)(H,26,27). The lowest BCUT2D eigenvalue weighted by molar-refractivity contribution is -0.139. The summed E-state index contributed by atoms with van der Waals surface area (Å²) in [5, 5.41) is 12.0. The Hall–Kier alpha value is -2.19. The second-order valence-electron chi connectivity index (χ2n) is 7.30. The van der Waals surface area contributed by atoms with Crippen LogP contribution in [0.3, 0.4) is 0 Å². The Morgan fingerprint density at radius 1 is 1.26 bits per heavy atom. The van der Waals surface area contributed by atoms with Crippen molar-refractivity contribution in [2.45, 2.75) is 31.8 Å². The summed E-state index contributed by atoms with van der Waals surface area (Å²) in [6, 6.07) is 6.35. The number of carboxylic acids is 1. The van der Waals surface area contributed by atoms with Crippen LogP contribution in [0.5, 0.6) is 0 Å². The molecule has 0 radical (unpaired) electrons. The van der Waals surface area contributed by atoms with Crippen LogP contribution in [0.1, 0.15) is 19.8 Å². The van der Waals surface area contributed by atoms with Crippen molar-refractivity contribution in [3.8, 4) is 0 Å². The van der Waals surface area contributed by atoms with Crippen molar-refractivity contribution in [2.24, 2.45) is 0 Å². The molecule has 2 fully saturated rings. The van der Waals surface area contributed by atoms with Gasteiger partial charge in [-0.1, -0.05) is 13.0 Å². The van der Waals surface area contributed by atoms with Crippen molar-refractivity contribution in [1.82, 2.24) is 20.1 Å². The van der Waals surface area contributed by atoms with Gasteiger partial charge in [0, 0.05) is 44.5 Å². The Bertz CT molecular complexity index is 627. The van der Waals surface area contributed by atoms with Crippen molar-refractivity contribution in [3.63, 3.8) is 0 Å². The zero-order valence-electron chi connectivity index (χ0n) is 15.9. The number of pyridine rings is 1. The first-order chi connectivity index (χ1) is 13.0. The number of anilines is 1. The van der Waals surface area contributed by atoms with Crippen LogP contribution >= 0.6 is 0 Å². The number of nitrogens with one attached hydrogen (secondary N) is 1. The Labute approximate surface area is 160 Å². The maximum Gasteiger partial charge on any atom is 0.317 e. The number of aliphatic carboxylic acids is 1. The van der Waals surface area contributed by atoms with E-state index >= 15 is 0 Å². The number of aromatic nitrogens is 1. The quantitative estimate of drug-likeness (QED) is 0.674. The number of rotatable bonds is 8. The van der Waals surface area contributed by atoms with Crippen molar-refractivity contribution >= 4 is 17.7 Å². The van der Waals surface area contributed by atoms with Crippen LogP contribution in [0.15, 0.2) is 24.4 Å². The number of carboxylic acid groups (broad SMARTS) is 1. The van der Waals surface area contributed by atoms with E-state index in [1.165, 1.54) is 0 Å². The van der Waals surface area contributed by atoms with E-state index in [0.29, 0.717) is 6.54 Å². The van der Waals surface area contributed by atoms with Crippen molar-refractivity contribution in [3.05, 3.63) is 24.4 Å². The predicted octanol–water partition coefficient (Wildman–Crippen LogP) is 0.257. The van der Waals surface area contributed by atoms with Gasteiger partial charge in [0.25, 0.3) is 0 Å². The largest absolute Gasteiger partial charge is 0.480 e. The van der Waals surface area contributed by atoms with Gasteiger partial charge in [-0.15, -0.1) is 0 Å². The van der Waals surface area contributed by atoms with E-state index in [0.717, 1.165) is 51.4 Å². The summed E-state index contributed by atoms with van der Waals surface area (Å²) in [5.74, 6) is 0.254. The summed E-state index contributed by atoms with van der Waals surface area (Å²) in [7, 11) is 0. The van der Waals surface area contributed by atoms with Crippen LogP contribution in [0.25, 0.3) is 0 Å². The molecule has 0 aromatic carbocycles. The second kappa shape index (κ2) is 9.14. The Morgan fingerprint density at radius 2 is 2.00 bits per heavy atom. The van der Waals surface area contributed by atoms with E-state index in [4.69, 9.17) is 5.11 Å². The molecule has 2 heterocycles. The molecule has 1 aliphatic carbocycles. The highest BCUT2D eigenvalue weighted by atomic mass is 16.4. The van der Waals surface area contributed by atoms with Gasteiger partial charge >= 0.3 is 5.97 Å². The average molecular weight is 375 g/mol. The first-order valence-corrected chi connectivity index (χ1v) is 9.68. The van der Waals surface area contributed by atoms with Gasteiger partial charge in [-0.3, -0.25) is 19.4 Å². The molecule has 0 atom stereocenters. The number of piperazine rings is 1. The van der Waals surface area contributed by atoms with Gasteiger partial charge in [-0.2, -0.15) is 0 Å². The minimum Gasteiger partial charge on any atom is -0.480 e. The minimum absolute atomic E-state index is 0.0611. The van der Waals surface area contributed by atoms with Gasteiger partial charge in [0.1, 0.15) is 5.82 Å². The third-order valence-corrected chi connectivity index (χ3v) is 5.45. The molecule has 1 saturated carbocycles. The highest BCUT2D eigenvalue weighted by Crippen LogP contribution is 2.25. The number of carbonyl (C=O) groups is 2. The SMILES string of the molecule is CCN(CC(=O)O)C1CC(NC(=O)CN2CCN(c3ccccn3)CC2)C1. The molecule has 148 valence electrons. The summed E-state index contributed by atoms with van der Waals surface area (Å²) in [5.41, 5.74) is 0. The van der Waals surface area contributed by atoms with Gasteiger partial charge < -0.3 is 15.3 Å². The summed E-state index contributed by atoms with van der Waals surface area (Å²) in [6.45, 7) is 6.62. The zero-order valence-corrected chi connectivity index (χ0v) is 15.9. The minimum atomic E-state index is -0.797. The average Bonchev–Trinajstić information content (AvgIpc) is 2.64. The van der Waals surface area contributed by atoms with Crippen molar-refractivity contribution in [1.29, 1.82) is 0 Å². The maximum absolute atomic E-state index is 12.3. The van der Waals surface area contributed by atoms with E-state index in [-0.39, 0.29) is 24.5 Å². The van der Waals surface area contributed by atoms with Gasteiger partial charge in [0.05, 0.1) is 13.1 Å². The van der Waals surface area contributed by atoms with Gasteiger partial charge in [-0.05, 0) is 31.5 Å². The van der Waals surface area contributed by atoms with Crippen LogP contribution in [0, 0.1) is 0 Å². The molecule has 1 aliphatic heterocycles. The van der Waals surface area contributed by atoms with E-state index < -0.39 is 5.97 Å². The molecule has 2 N–H and O–H groups in total. The van der Waals surface area contributed by atoms with Crippen LogP contribution < -0.4 is 10.2 Å². The molecule has 0 unspecified atom stereocenters. The van der Waals surface area contributed by atoms with Gasteiger partial charge in [0.2, 0.25) is 5.91 Å². The molecule has 8 heteroatoms. The zero-order chi connectivity index (χ0) is 19.2. The third kappa shape index (κ3) is 5.40. The first kappa shape index (κ1) is 19.6. The fourth-order valence-corrected chi connectivity index (χ4v) is 3.83. The van der Waals surface area contributed by atoms with Crippen LogP contribution in [0.2, 0.25) is 0 Å². The van der Waals surface area contributed by atoms with Gasteiger partial charge in [0.15, 0.2) is 0 Å². The molecule has 1 aromatic heterocycles. The molecule has 1 aromatic rings. The van der Waals surface area contributed by atoms with Crippen LogP contribution in [-0.4, -0.2) is 89.7 Å². The lowest BCUT2D eigenvalue weighted by Gasteiger charge is -2.42. The molecular weight excluding hydrogens is 346 g/mol. The fourth-order valence-electron chi connectivity index (χ4n) is 3.83. The molecule has 27 heavy (non-hydrogen) atoms. The summed E-state index contributed by atoms with van der Waals surface area (Å²) < 4.78 is 0. The highest BCUT2D eigenvalue weighted by molar-refractivity contribution is 5.78. The smallest absolute Gasteiger partial charge is 0.317 e. The summed E-state index contributed by atoms with van der Waals surface area (Å²) in [6.07, 6.45) is 3.47. The maximum atomic E-state index is 12.3. The van der Waals surface area contributed by atoms with Crippen LogP contribution in [-0.2, 0) is 9.59 Å². The number of likely N-dealkylation sites (N-methyl/N-ethyl adjacent to an activating group) is 1. The summed E-state index contributed by atoms with van der Waals surface area (Å²) >= 11 is 0. The molecular formula is C19H29N5O3. The lowest BCUT2D eigenvalue weighted by atomic mass is 9.85. The van der Waals surface area contributed by atoms with Crippen LogP contribution in [0.4, 0.5) is 5.82 Å². The van der Waals surface area contributed by atoms with E-state index in [9.17, 15) is 9.59 Å². The highest BCUT2D eigenvalue weighted by Gasteiger charge is 2.34. The van der Waals surface area contributed by atoms with Gasteiger partial charge in [-0.25, -0.2) is 4.98 Å². The predicted molar refractivity (Wildman–Crippen MR) is 103 cm³/mol. The second-order valence-corrected chi connectivity index (χ2v) is 7.30. The molecule has 1 saturated heterocycles. The van der Waals surface area contributed by atoms with E-state index in [1.807, 2.05) is 30.0 Å². The van der Waals surface area contributed by atoms with E-state index in [1.54, 1.807) is 6.20 Å². The monoisotopic (exact) mass is 375 g/mol. The molecule has 8 nitrogen and oxygen atoms in total. The van der Waals surface area contributed by atoms with E-state index in [2.05, 4.69) is 20.1 Å². The fraction of sp³-hybridized carbons (Fsp3) is 0.632. The molecule has 0 spiro atoms. The third-order valence-electron chi connectivity index (χ3n) is 5.45. The van der Waals surface area contributed by atoms with Crippen molar-refractivity contribution < 1.29 is 14.7 Å². The van der Waals surface area contributed by atoms with Crippen molar-refractivity contribution in [2.75, 3.05) is 50.7 Å². The number of hydrogen-bond donors (Lipinski definition) is 2.